The van der Waals surface area contributed by atoms with Gasteiger partial charge in [0.15, 0.2) is 5.78 Å². The monoisotopic (exact) mass is 336 g/mol. The second-order valence-electron chi connectivity index (χ2n) is 6.46. The van der Waals surface area contributed by atoms with Crippen molar-refractivity contribution < 1.29 is 4.79 Å². The fourth-order valence-electron chi connectivity index (χ4n) is 3.41. The zero-order valence-electron chi connectivity index (χ0n) is 14.0. The van der Waals surface area contributed by atoms with Crippen molar-refractivity contribution >= 4 is 27.6 Å². The highest BCUT2D eigenvalue weighted by Gasteiger charge is 2.12. The summed E-state index contributed by atoms with van der Waals surface area (Å²) in [5.41, 5.74) is 5.47. The number of fused-ring (bicyclic) bond motifs is 2. The van der Waals surface area contributed by atoms with Gasteiger partial charge in [0.1, 0.15) is 0 Å². The van der Waals surface area contributed by atoms with Gasteiger partial charge in [-0.05, 0) is 41.3 Å². The van der Waals surface area contributed by atoms with Gasteiger partial charge in [-0.2, -0.15) is 0 Å². The van der Waals surface area contributed by atoms with Gasteiger partial charge in [-0.3, -0.25) is 4.79 Å². The largest absolute Gasteiger partial charge is 0.361 e. The highest BCUT2D eigenvalue weighted by atomic mass is 16.1. The lowest BCUT2D eigenvalue weighted by Gasteiger charge is -2.04. The van der Waals surface area contributed by atoms with E-state index in [1.807, 2.05) is 66.9 Å². The first-order valence-corrected chi connectivity index (χ1v) is 8.58. The molecule has 0 atom stereocenters. The molecule has 0 aliphatic heterocycles. The molecular weight excluding hydrogens is 320 g/mol. The molecular formula is C23H16N2O. The van der Waals surface area contributed by atoms with Gasteiger partial charge in [-0.25, -0.2) is 0 Å². The molecule has 26 heavy (non-hydrogen) atoms. The fraction of sp³-hybridized carbons (Fsp3) is 0. The highest BCUT2D eigenvalue weighted by Crippen LogP contribution is 2.26. The van der Waals surface area contributed by atoms with E-state index in [9.17, 15) is 4.79 Å². The molecule has 3 aromatic carbocycles. The summed E-state index contributed by atoms with van der Waals surface area (Å²) < 4.78 is 0. The molecule has 3 nitrogen and oxygen atoms in total. The maximum Gasteiger partial charge on any atom is 0.193 e. The fourth-order valence-corrected chi connectivity index (χ4v) is 3.41. The molecule has 0 aliphatic carbocycles. The van der Waals surface area contributed by atoms with E-state index >= 15 is 0 Å². The van der Waals surface area contributed by atoms with Gasteiger partial charge in [0, 0.05) is 39.4 Å². The number of aromatic amines is 2. The van der Waals surface area contributed by atoms with Crippen LogP contribution in [0.2, 0.25) is 0 Å². The number of para-hydroxylation sites is 1. The number of carbonyl (C=O) groups is 1. The van der Waals surface area contributed by atoms with Crippen molar-refractivity contribution in [2.45, 2.75) is 0 Å². The lowest BCUT2D eigenvalue weighted by molar-refractivity contribution is 0.103. The maximum atomic E-state index is 12.9. The summed E-state index contributed by atoms with van der Waals surface area (Å²) in [6.07, 6.45) is 1.88. The molecule has 0 bridgehead atoms. The summed E-state index contributed by atoms with van der Waals surface area (Å²) in [6, 6.07) is 25.8. The van der Waals surface area contributed by atoms with Crippen molar-refractivity contribution in [3.05, 3.63) is 96.2 Å². The molecule has 2 N–H and O–H groups in total. The molecule has 2 aromatic heterocycles. The lowest BCUT2D eigenvalue weighted by atomic mass is 9.99. The molecule has 2 heterocycles. The topological polar surface area (TPSA) is 48.6 Å². The van der Waals surface area contributed by atoms with Crippen LogP contribution >= 0.6 is 0 Å². The number of H-pyrrole nitrogens is 2. The van der Waals surface area contributed by atoms with Crippen LogP contribution < -0.4 is 0 Å². The predicted octanol–water partition coefficient (Wildman–Crippen LogP) is 5.55. The molecule has 3 heteroatoms. The van der Waals surface area contributed by atoms with Gasteiger partial charge in [0.05, 0.1) is 0 Å². The van der Waals surface area contributed by atoms with Crippen LogP contribution in [0.15, 0.2) is 85.1 Å². The standard InChI is InChI=1S/C23H16N2O/c26-23(19-9-8-15-10-11-24-21(15)14-19)18-6-3-5-16(12-18)22-13-17-4-1-2-7-20(17)25-22/h1-14,24-25H. The summed E-state index contributed by atoms with van der Waals surface area (Å²) in [5.74, 6) is 0.0273. The highest BCUT2D eigenvalue weighted by molar-refractivity contribution is 6.11. The van der Waals surface area contributed by atoms with Gasteiger partial charge >= 0.3 is 0 Å². The van der Waals surface area contributed by atoms with Crippen molar-refractivity contribution in [1.29, 1.82) is 0 Å². The van der Waals surface area contributed by atoms with Crippen molar-refractivity contribution in [2.75, 3.05) is 0 Å². The van der Waals surface area contributed by atoms with Crippen LogP contribution in [0.1, 0.15) is 15.9 Å². The molecule has 0 radical (unpaired) electrons. The molecule has 0 spiro atoms. The van der Waals surface area contributed by atoms with Crippen LogP contribution in [-0.4, -0.2) is 15.8 Å². The average molecular weight is 336 g/mol. The van der Waals surface area contributed by atoms with Gasteiger partial charge in [0.25, 0.3) is 0 Å². The molecule has 124 valence electrons. The Hall–Kier alpha value is -3.59. The first-order chi connectivity index (χ1) is 12.8. The number of ketones is 1. The molecule has 0 saturated carbocycles. The van der Waals surface area contributed by atoms with E-state index in [1.165, 1.54) is 0 Å². The van der Waals surface area contributed by atoms with Crippen LogP contribution in [0.4, 0.5) is 0 Å². The number of carbonyl (C=O) groups excluding carboxylic acids is 1. The van der Waals surface area contributed by atoms with Gasteiger partial charge < -0.3 is 9.97 Å². The minimum absolute atomic E-state index is 0.0273. The summed E-state index contributed by atoms with van der Waals surface area (Å²) in [5, 5.41) is 2.27. The normalized spacial score (nSPS) is 11.2. The third-order valence-corrected chi connectivity index (χ3v) is 4.78. The number of benzene rings is 3. The van der Waals surface area contributed by atoms with Crippen LogP contribution in [0, 0.1) is 0 Å². The molecule has 5 aromatic rings. The van der Waals surface area contributed by atoms with Crippen LogP contribution in [-0.2, 0) is 0 Å². The Morgan fingerprint density at radius 2 is 1.58 bits per heavy atom. The Labute approximate surface area is 150 Å². The minimum atomic E-state index is 0.0273. The summed E-state index contributed by atoms with van der Waals surface area (Å²) in [6.45, 7) is 0. The summed E-state index contributed by atoms with van der Waals surface area (Å²) in [7, 11) is 0. The Morgan fingerprint density at radius 3 is 2.50 bits per heavy atom. The molecule has 5 rings (SSSR count). The molecule has 0 aliphatic rings. The van der Waals surface area contributed by atoms with E-state index in [2.05, 4.69) is 28.2 Å². The SMILES string of the molecule is O=C(c1cccc(-c2cc3ccccc3[nH]2)c1)c1ccc2cc[nH]c2c1. The predicted molar refractivity (Wildman–Crippen MR) is 105 cm³/mol. The summed E-state index contributed by atoms with van der Waals surface area (Å²) in [4.78, 5) is 19.5. The Morgan fingerprint density at radius 1 is 0.692 bits per heavy atom. The van der Waals surface area contributed by atoms with Crippen molar-refractivity contribution in [3.63, 3.8) is 0 Å². The second-order valence-corrected chi connectivity index (χ2v) is 6.46. The maximum absolute atomic E-state index is 12.9. The van der Waals surface area contributed by atoms with Crippen LogP contribution in [0.3, 0.4) is 0 Å². The van der Waals surface area contributed by atoms with E-state index in [0.29, 0.717) is 11.1 Å². The van der Waals surface area contributed by atoms with Crippen LogP contribution in [0.5, 0.6) is 0 Å². The smallest absolute Gasteiger partial charge is 0.193 e. The van der Waals surface area contributed by atoms with Crippen molar-refractivity contribution in [2.24, 2.45) is 0 Å². The average Bonchev–Trinajstić information content (AvgIpc) is 3.33. The molecule has 0 unspecified atom stereocenters. The van der Waals surface area contributed by atoms with Gasteiger partial charge in [0.2, 0.25) is 0 Å². The zero-order valence-corrected chi connectivity index (χ0v) is 14.0. The van der Waals surface area contributed by atoms with Crippen molar-refractivity contribution in [3.8, 4) is 11.3 Å². The third-order valence-electron chi connectivity index (χ3n) is 4.78. The number of aromatic nitrogens is 2. The van der Waals surface area contributed by atoms with E-state index in [4.69, 9.17) is 0 Å². The van der Waals surface area contributed by atoms with Crippen molar-refractivity contribution in [1.82, 2.24) is 9.97 Å². The number of hydrogen-bond acceptors (Lipinski definition) is 1. The minimum Gasteiger partial charge on any atom is -0.361 e. The van der Waals surface area contributed by atoms with Gasteiger partial charge in [-0.15, -0.1) is 0 Å². The first-order valence-electron chi connectivity index (χ1n) is 8.58. The van der Waals surface area contributed by atoms with Crippen LogP contribution in [0.25, 0.3) is 33.1 Å². The Balaban J connectivity index is 1.55. The molecule has 0 amide bonds. The van der Waals surface area contributed by atoms with E-state index < -0.39 is 0 Å². The zero-order chi connectivity index (χ0) is 17.5. The molecule has 0 fully saturated rings. The van der Waals surface area contributed by atoms with E-state index in [0.717, 1.165) is 33.1 Å². The summed E-state index contributed by atoms with van der Waals surface area (Å²) >= 11 is 0. The third kappa shape index (κ3) is 2.42. The van der Waals surface area contributed by atoms with E-state index in [1.54, 1.807) is 0 Å². The quantitative estimate of drug-likeness (QED) is 0.417. The Kier molecular flexibility index (Phi) is 3.25. The second kappa shape index (κ2) is 5.74. The first kappa shape index (κ1) is 14.7. The van der Waals surface area contributed by atoms with E-state index in [-0.39, 0.29) is 5.78 Å². The Bertz CT molecular complexity index is 1230. The number of rotatable bonds is 3. The van der Waals surface area contributed by atoms with Gasteiger partial charge in [-0.1, -0.05) is 48.5 Å². The number of nitrogens with one attached hydrogen (secondary N) is 2. The molecule has 0 saturated heterocycles. The lowest BCUT2D eigenvalue weighted by Crippen LogP contribution is -2.01. The number of hydrogen-bond donors (Lipinski definition) is 2.